The van der Waals surface area contributed by atoms with Gasteiger partial charge in [0.25, 0.3) is 5.60 Å². The van der Waals surface area contributed by atoms with Crippen LogP contribution in [-0.2, 0) is 20.7 Å². The van der Waals surface area contributed by atoms with Crippen molar-refractivity contribution in [2.75, 3.05) is 0 Å². The normalized spacial score (nSPS) is 11.3. The van der Waals surface area contributed by atoms with Crippen LogP contribution in [0.25, 0.3) is 0 Å². The molecule has 0 amide bonds. The largest absolute Gasteiger partial charge is 0.479 e. The molecule has 0 saturated carbocycles. The molecule has 2 N–H and O–H groups in total. The van der Waals surface area contributed by atoms with E-state index in [-0.39, 0.29) is 6.42 Å². The van der Waals surface area contributed by atoms with Crippen LogP contribution >= 0.6 is 0 Å². The molecule has 21 heavy (non-hydrogen) atoms. The molecular weight excluding hydrogens is 272 g/mol. The Kier molecular flexibility index (Phi) is 7.09. The molecule has 0 aliphatic rings. The third-order valence-electron chi connectivity index (χ3n) is 2.47. The van der Waals surface area contributed by atoms with Gasteiger partial charge in [0, 0.05) is 6.42 Å². The van der Waals surface area contributed by atoms with Crippen LogP contribution in [0.5, 0.6) is 0 Å². The van der Waals surface area contributed by atoms with Crippen molar-refractivity contribution in [1.82, 2.24) is 0 Å². The van der Waals surface area contributed by atoms with E-state index < -0.39 is 23.1 Å². The summed E-state index contributed by atoms with van der Waals surface area (Å²) in [6, 6.07) is 8.57. The maximum atomic E-state index is 11.4. The summed E-state index contributed by atoms with van der Waals surface area (Å²) >= 11 is 0. The first-order valence-corrected chi connectivity index (χ1v) is 6.88. The number of ether oxygens (including phenoxy) is 1. The van der Waals surface area contributed by atoms with Crippen molar-refractivity contribution >= 4 is 11.9 Å². The van der Waals surface area contributed by atoms with Crippen molar-refractivity contribution in [3.05, 3.63) is 35.9 Å². The minimum Gasteiger partial charge on any atom is -0.479 e. The van der Waals surface area contributed by atoms with E-state index in [1.165, 1.54) is 0 Å². The van der Waals surface area contributed by atoms with E-state index in [4.69, 9.17) is 4.74 Å². The van der Waals surface area contributed by atoms with Crippen LogP contribution in [0.4, 0.5) is 0 Å². The minimum absolute atomic E-state index is 0.226. The Labute approximate surface area is 125 Å². The third-order valence-corrected chi connectivity index (χ3v) is 2.47. The second-order valence-corrected chi connectivity index (χ2v) is 5.31. The van der Waals surface area contributed by atoms with E-state index in [1.54, 1.807) is 51.1 Å². The molecule has 0 aliphatic carbocycles. The van der Waals surface area contributed by atoms with Gasteiger partial charge in [0.05, 0.1) is 5.60 Å². The average Bonchev–Trinajstić information content (AvgIpc) is 2.39. The summed E-state index contributed by atoms with van der Waals surface area (Å²) < 4.78 is 5.35. The zero-order chi connectivity index (χ0) is 16.7. The molecule has 0 unspecified atom stereocenters. The summed E-state index contributed by atoms with van der Waals surface area (Å²) in [5, 5.41) is 18.6. The van der Waals surface area contributed by atoms with Gasteiger partial charge >= 0.3 is 11.9 Å². The molecular formula is C16H24O5. The van der Waals surface area contributed by atoms with Gasteiger partial charge in [-0.05, 0) is 26.3 Å². The standard InChI is InChI=1S/C14H18O5.C2H6/c1-13(2,3)19-14(11(15)16,12(17)18)9-10-7-5-4-6-8-10;1-2/h4-8H,9H2,1-3H3,(H,15,16)(H,17,18);1-2H3. The van der Waals surface area contributed by atoms with E-state index >= 15 is 0 Å². The van der Waals surface area contributed by atoms with Crippen molar-refractivity contribution in [1.29, 1.82) is 0 Å². The minimum atomic E-state index is -2.28. The van der Waals surface area contributed by atoms with Gasteiger partial charge < -0.3 is 14.9 Å². The summed E-state index contributed by atoms with van der Waals surface area (Å²) in [6.45, 7) is 8.87. The van der Waals surface area contributed by atoms with Crippen molar-refractivity contribution in [2.24, 2.45) is 0 Å². The summed E-state index contributed by atoms with van der Waals surface area (Å²) in [7, 11) is 0. The predicted octanol–water partition coefficient (Wildman–Crippen LogP) is 2.98. The van der Waals surface area contributed by atoms with Crippen molar-refractivity contribution in [3.8, 4) is 0 Å². The Morgan fingerprint density at radius 1 is 1.00 bits per heavy atom. The zero-order valence-corrected chi connectivity index (χ0v) is 13.2. The van der Waals surface area contributed by atoms with Crippen LogP contribution in [0, 0.1) is 0 Å². The molecule has 0 saturated heterocycles. The summed E-state index contributed by atoms with van der Waals surface area (Å²) in [5.41, 5.74) is -2.57. The molecule has 0 aromatic heterocycles. The van der Waals surface area contributed by atoms with Crippen molar-refractivity contribution < 1.29 is 24.5 Å². The lowest BCUT2D eigenvalue weighted by Gasteiger charge is -2.32. The molecule has 5 heteroatoms. The molecule has 0 aliphatic heterocycles. The summed E-state index contributed by atoms with van der Waals surface area (Å²) in [4.78, 5) is 22.9. The maximum absolute atomic E-state index is 11.4. The third kappa shape index (κ3) is 5.55. The lowest BCUT2D eigenvalue weighted by molar-refractivity contribution is -0.199. The Bertz CT molecular complexity index is 445. The van der Waals surface area contributed by atoms with Crippen LogP contribution in [0.15, 0.2) is 30.3 Å². The Morgan fingerprint density at radius 2 is 1.43 bits per heavy atom. The monoisotopic (exact) mass is 296 g/mol. The topological polar surface area (TPSA) is 83.8 Å². The first-order valence-electron chi connectivity index (χ1n) is 6.88. The summed E-state index contributed by atoms with van der Waals surface area (Å²) in [6.07, 6.45) is -0.226. The van der Waals surface area contributed by atoms with Crippen LogP contribution in [-0.4, -0.2) is 33.4 Å². The molecule has 0 bridgehead atoms. The van der Waals surface area contributed by atoms with Crippen LogP contribution in [0.3, 0.4) is 0 Å². The molecule has 5 nitrogen and oxygen atoms in total. The fourth-order valence-corrected chi connectivity index (χ4v) is 1.77. The van der Waals surface area contributed by atoms with Crippen LogP contribution < -0.4 is 0 Å². The van der Waals surface area contributed by atoms with Gasteiger partial charge in [0.1, 0.15) is 0 Å². The summed E-state index contributed by atoms with van der Waals surface area (Å²) in [5.74, 6) is -3.00. The Balaban J connectivity index is 0.00000191. The van der Waals surface area contributed by atoms with Gasteiger partial charge in [-0.25, -0.2) is 9.59 Å². The van der Waals surface area contributed by atoms with Gasteiger partial charge in [-0.1, -0.05) is 44.2 Å². The number of carboxylic acids is 2. The van der Waals surface area contributed by atoms with E-state index in [2.05, 4.69) is 0 Å². The number of hydrogen-bond donors (Lipinski definition) is 2. The number of carbonyl (C=O) groups is 2. The quantitative estimate of drug-likeness (QED) is 0.816. The first-order chi connectivity index (χ1) is 9.67. The molecule has 0 radical (unpaired) electrons. The Morgan fingerprint density at radius 3 is 1.76 bits per heavy atom. The van der Waals surface area contributed by atoms with E-state index in [9.17, 15) is 19.8 Å². The average molecular weight is 296 g/mol. The number of hydrogen-bond acceptors (Lipinski definition) is 3. The molecule has 0 heterocycles. The van der Waals surface area contributed by atoms with Crippen molar-refractivity contribution in [3.63, 3.8) is 0 Å². The zero-order valence-electron chi connectivity index (χ0n) is 13.2. The molecule has 1 aromatic rings. The highest BCUT2D eigenvalue weighted by Crippen LogP contribution is 2.25. The van der Waals surface area contributed by atoms with Gasteiger partial charge in [-0.3, -0.25) is 0 Å². The lowest BCUT2D eigenvalue weighted by atomic mass is 9.93. The first kappa shape index (κ1) is 19.1. The van der Waals surface area contributed by atoms with Gasteiger partial charge in [-0.2, -0.15) is 0 Å². The van der Waals surface area contributed by atoms with Gasteiger partial charge in [0.15, 0.2) is 0 Å². The SMILES string of the molecule is CC.CC(C)(C)OC(Cc1ccccc1)(C(=O)O)C(=O)O. The van der Waals surface area contributed by atoms with Crippen LogP contribution in [0.1, 0.15) is 40.2 Å². The van der Waals surface area contributed by atoms with Crippen LogP contribution in [0.2, 0.25) is 0 Å². The van der Waals surface area contributed by atoms with E-state index in [1.807, 2.05) is 13.8 Å². The molecule has 1 aromatic carbocycles. The number of rotatable bonds is 5. The Hall–Kier alpha value is -1.88. The second kappa shape index (κ2) is 7.78. The molecule has 0 fully saturated rings. The smallest absolute Gasteiger partial charge is 0.348 e. The van der Waals surface area contributed by atoms with Crippen molar-refractivity contribution in [2.45, 2.75) is 52.2 Å². The van der Waals surface area contributed by atoms with E-state index in [0.717, 1.165) is 0 Å². The fraction of sp³-hybridized carbons (Fsp3) is 0.500. The second-order valence-electron chi connectivity index (χ2n) is 5.31. The molecule has 1 rings (SSSR count). The number of aliphatic carboxylic acids is 2. The van der Waals surface area contributed by atoms with E-state index in [0.29, 0.717) is 5.56 Å². The van der Waals surface area contributed by atoms with Gasteiger partial charge in [-0.15, -0.1) is 0 Å². The highest BCUT2D eigenvalue weighted by atomic mass is 16.6. The highest BCUT2D eigenvalue weighted by Gasteiger charge is 2.50. The number of carboxylic acid groups (broad SMARTS) is 2. The molecule has 118 valence electrons. The predicted molar refractivity (Wildman–Crippen MR) is 80.3 cm³/mol. The highest BCUT2D eigenvalue weighted by molar-refractivity contribution is 6.02. The lowest BCUT2D eigenvalue weighted by Crippen LogP contribution is -2.54. The molecule has 0 spiro atoms. The maximum Gasteiger partial charge on any atom is 0.348 e. The molecule has 0 atom stereocenters. The fourth-order valence-electron chi connectivity index (χ4n) is 1.77. The number of benzene rings is 1. The van der Waals surface area contributed by atoms with Gasteiger partial charge in [0.2, 0.25) is 0 Å².